The van der Waals surface area contributed by atoms with E-state index in [1.54, 1.807) is 18.4 Å². The van der Waals surface area contributed by atoms with E-state index >= 15 is 0 Å². The van der Waals surface area contributed by atoms with E-state index in [1.165, 1.54) is 7.11 Å². The van der Waals surface area contributed by atoms with Gasteiger partial charge >= 0.3 is 5.97 Å². The number of rotatable bonds is 3. The zero-order valence-corrected chi connectivity index (χ0v) is 10.4. The Bertz CT molecular complexity index is 544. The SMILES string of the molecule is COC(=O)c1cc2cc(C[S+](C)[O-])ccc2o1. The number of esters is 1. The van der Waals surface area contributed by atoms with Gasteiger partial charge < -0.3 is 13.7 Å². The van der Waals surface area contributed by atoms with Gasteiger partial charge in [-0.05, 0) is 18.2 Å². The van der Waals surface area contributed by atoms with Gasteiger partial charge in [-0.3, -0.25) is 0 Å². The molecule has 0 saturated carbocycles. The summed E-state index contributed by atoms with van der Waals surface area (Å²) in [6.07, 6.45) is 1.65. The van der Waals surface area contributed by atoms with E-state index in [0.717, 1.165) is 10.9 Å². The number of methoxy groups -OCH3 is 1. The molecule has 0 radical (unpaired) electrons. The van der Waals surface area contributed by atoms with Crippen LogP contribution in [-0.4, -0.2) is 23.9 Å². The molecule has 2 aromatic rings. The van der Waals surface area contributed by atoms with Crippen LogP contribution in [0, 0.1) is 0 Å². The van der Waals surface area contributed by atoms with Crippen LogP contribution < -0.4 is 0 Å². The second-order valence-electron chi connectivity index (χ2n) is 3.69. The summed E-state index contributed by atoms with van der Waals surface area (Å²) >= 11 is -0.885. The number of hydrogen-bond donors (Lipinski definition) is 0. The van der Waals surface area contributed by atoms with Crippen molar-refractivity contribution in [3.05, 3.63) is 35.6 Å². The van der Waals surface area contributed by atoms with Crippen LogP contribution in [0.25, 0.3) is 11.0 Å². The van der Waals surface area contributed by atoms with Gasteiger partial charge in [-0.25, -0.2) is 4.79 Å². The Hall–Kier alpha value is -1.46. The quantitative estimate of drug-likeness (QED) is 0.620. The van der Waals surface area contributed by atoms with Crippen molar-refractivity contribution in [2.24, 2.45) is 0 Å². The van der Waals surface area contributed by atoms with E-state index in [9.17, 15) is 9.35 Å². The lowest BCUT2D eigenvalue weighted by Crippen LogP contribution is -2.00. The first-order valence-electron chi connectivity index (χ1n) is 5.01. The van der Waals surface area contributed by atoms with Crippen LogP contribution in [0.4, 0.5) is 0 Å². The van der Waals surface area contributed by atoms with Crippen LogP contribution in [0.1, 0.15) is 16.1 Å². The van der Waals surface area contributed by atoms with Crippen LogP contribution in [0.15, 0.2) is 28.7 Å². The van der Waals surface area contributed by atoms with Crippen molar-refractivity contribution in [2.45, 2.75) is 5.75 Å². The van der Waals surface area contributed by atoms with E-state index < -0.39 is 17.1 Å². The van der Waals surface area contributed by atoms with E-state index in [2.05, 4.69) is 4.74 Å². The van der Waals surface area contributed by atoms with Gasteiger partial charge in [0.25, 0.3) is 0 Å². The highest BCUT2D eigenvalue weighted by Crippen LogP contribution is 2.22. The first-order valence-corrected chi connectivity index (χ1v) is 6.73. The fourth-order valence-electron chi connectivity index (χ4n) is 1.62. The lowest BCUT2D eigenvalue weighted by molar-refractivity contribution is 0.0567. The smallest absolute Gasteiger partial charge is 0.373 e. The van der Waals surface area contributed by atoms with E-state index in [1.807, 2.05) is 12.1 Å². The van der Waals surface area contributed by atoms with Crippen molar-refractivity contribution in [3.63, 3.8) is 0 Å². The number of carbonyl (C=O) groups excluding carboxylic acids is 1. The molecular weight excluding hydrogens is 240 g/mol. The van der Waals surface area contributed by atoms with Crippen molar-refractivity contribution in [2.75, 3.05) is 13.4 Å². The van der Waals surface area contributed by atoms with E-state index in [-0.39, 0.29) is 5.76 Å². The summed E-state index contributed by atoms with van der Waals surface area (Å²) in [7, 11) is 1.31. The number of hydrogen-bond acceptors (Lipinski definition) is 4. The van der Waals surface area contributed by atoms with Crippen LogP contribution >= 0.6 is 0 Å². The van der Waals surface area contributed by atoms with Crippen molar-refractivity contribution in [1.82, 2.24) is 0 Å². The van der Waals surface area contributed by atoms with Crippen LogP contribution in [0.3, 0.4) is 0 Å². The minimum Gasteiger partial charge on any atom is -0.616 e. The van der Waals surface area contributed by atoms with Crippen LogP contribution in [0.2, 0.25) is 0 Å². The third-order valence-corrected chi connectivity index (χ3v) is 3.08. The molecule has 1 aromatic carbocycles. The number of fused-ring (bicyclic) bond motifs is 1. The Morgan fingerprint density at radius 3 is 2.88 bits per heavy atom. The molecule has 1 unspecified atom stereocenters. The number of benzene rings is 1. The average Bonchev–Trinajstić information content (AvgIpc) is 2.70. The highest BCUT2D eigenvalue weighted by atomic mass is 32.2. The normalized spacial score (nSPS) is 12.6. The summed E-state index contributed by atoms with van der Waals surface area (Å²) in [4.78, 5) is 11.3. The summed E-state index contributed by atoms with van der Waals surface area (Å²) < 4.78 is 21.0. The maximum absolute atomic E-state index is 11.3. The maximum Gasteiger partial charge on any atom is 0.373 e. The molecule has 0 fully saturated rings. The van der Waals surface area contributed by atoms with Crippen molar-refractivity contribution in [1.29, 1.82) is 0 Å². The lowest BCUT2D eigenvalue weighted by atomic mass is 10.2. The highest BCUT2D eigenvalue weighted by molar-refractivity contribution is 7.89. The fourth-order valence-corrected chi connectivity index (χ4v) is 2.27. The van der Waals surface area contributed by atoms with Gasteiger partial charge in [-0.1, -0.05) is 17.2 Å². The molecule has 2 rings (SSSR count). The molecule has 0 aliphatic heterocycles. The molecule has 0 aliphatic carbocycles. The molecule has 90 valence electrons. The maximum atomic E-state index is 11.3. The number of ether oxygens (including phenoxy) is 1. The monoisotopic (exact) mass is 252 g/mol. The van der Waals surface area contributed by atoms with Crippen LogP contribution in [0.5, 0.6) is 0 Å². The summed E-state index contributed by atoms with van der Waals surface area (Å²) in [5.41, 5.74) is 1.58. The Kier molecular flexibility index (Phi) is 3.40. The van der Waals surface area contributed by atoms with Crippen molar-refractivity contribution < 1.29 is 18.5 Å². The van der Waals surface area contributed by atoms with Gasteiger partial charge in [0.2, 0.25) is 5.76 Å². The van der Waals surface area contributed by atoms with Gasteiger partial charge in [0.1, 0.15) is 11.3 Å². The Morgan fingerprint density at radius 1 is 1.47 bits per heavy atom. The first kappa shape index (κ1) is 12.0. The molecule has 0 amide bonds. The second kappa shape index (κ2) is 4.81. The summed E-state index contributed by atoms with van der Waals surface area (Å²) in [6, 6.07) is 7.11. The third kappa shape index (κ3) is 2.62. The molecule has 0 bridgehead atoms. The van der Waals surface area contributed by atoms with Gasteiger partial charge in [0.15, 0.2) is 0 Å². The molecule has 4 nitrogen and oxygen atoms in total. The van der Waals surface area contributed by atoms with Gasteiger partial charge in [0.05, 0.1) is 13.4 Å². The molecule has 1 aromatic heterocycles. The van der Waals surface area contributed by atoms with Crippen LogP contribution in [-0.2, 0) is 21.7 Å². The first-order chi connectivity index (χ1) is 8.10. The van der Waals surface area contributed by atoms with Gasteiger partial charge in [-0.15, -0.1) is 0 Å². The fraction of sp³-hybridized carbons (Fsp3) is 0.250. The molecule has 0 spiro atoms. The highest BCUT2D eigenvalue weighted by Gasteiger charge is 2.13. The molecular formula is C12H12O4S. The number of carbonyl (C=O) groups is 1. The summed E-state index contributed by atoms with van der Waals surface area (Å²) in [6.45, 7) is 0. The largest absolute Gasteiger partial charge is 0.616 e. The Balaban J connectivity index is 2.37. The standard InChI is InChI=1S/C12H12O4S/c1-15-12(13)11-6-9-5-8(7-17(2)14)3-4-10(9)16-11/h3-6H,7H2,1-2H3. The van der Waals surface area contributed by atoms with Crippen molar-refractivity contribution >= 4 is 28.1 Å². The molecule has 1 atom stereocenters. The van der Waals surface area contributed by atoms with Gasteiger partial charge in [-0.2, -0.15) is 0 Å². The Morgan fingerprint density at radius 2 is 2.24 bits per heavy atom. The predicted octanol–water partition coefficient (Wildman–Crippen LogP) is 2.10. The van der Waals surface area contributed by atoms with E-state index in [4.69, 9.17) is 4.42 Å². The number of furan rings is 1. The molecule has 0 saturated heterocycles. The molecule has 0 aliphatic rings. The lowest BCUT2D eigenvalue weighted by Gasteiger charge is -2.03. The topological polar surface area (TPSA) is 62.5 Å². The average molecular weight is 252 g/mol. The molecule has 5 heteroatoms. The molecule has 1 heterocycles. The van der Waals surface area contributed by atoms with Crippen molar-refractivity contribution in [3.8, 4) is 0 Å². The Labute approximate surface area is 102 Å². The summed E-state index contributed by atoms with van der Waals surface area (Å²) in [5.74, 6) is 0.174. The second-order valence-corrected chi connectivity index (χ2v) is 5.13. The minimum absolute atomic E-state index is 0.178. The zero-order chi connectivity index (χ0) is 12.4. The summed E-state index contributed by atoms with van der Waals surface area (Å²) in [5, 5.41) is 0.813. The minimum atomic E-state index is -0.885. The zero-order valence-electron chi connectivity index (χ0n) is 9.56. The molecule has 17 heavy (non-hydrogen) atoms. The third-order valence-electron chi connectivity index (χ3n) is 2.34. The molecule has 0 N–H and O–H groups in total. The van der Waals surface area contributed by atoms with E-state index in [0.29, 0.717) is 11.3 Å². The van der Waals surface area contributed by atoms with Gasteiger partial charge in [0, 0.05) is 10.9 Å². The predicted molar refractivity (Wildman–Crippen MR) is 65.3 cm³/mol.